The normalized spacial score (nSPS) is 24.4. The number of hydrogen-bond donors (Lipinski definition) is 3. The van der Waals surface area contributed by atoms with Gasteiger partial charge < -0.3 is 9.47 Å². The molecule has 0 radical (unpaired) electrons. The lowest BCUT2D eigenvalue weighted by Crippen LogP contribution is -2.44. The number of aromatic nitrogens is 1. The van der Waals surface area contributed by atoms with Crippen LogP contribution in [-0.2, 0) is 23.0 Å². The van der Waals surface area contributed by atoms with E-state index < -0.39 is 15.3 Å². The number of sulfonamides is 1. The van der Waals surface area contributed by atoms with E-state index >= 15 is 0 Å². The Labute approximate surface area is 203 Å². The molecule has 1 saturated heterocycles. The van der Waals surface area contributed by atoms with Crippen LogP contribution in [0.25, 0.3) is 0 Å². The standard InChI is InChI=1S/C24H28N4O4S2/c1-15-23(16(2)28-27-15)34(29,30)26-14-20-13-25-24(33-20)31-19-9-11-22-18(12-19)8-10-21(32-22)17-6-4-3-5-7-17/h3-7,9,11-13,15-16,21,23,26-28H,8,10,14H2,1-2H3. The van der Waals surface area contributed by atoms with Crippen LogP contribution in [0.3, 0.4) is 0 Å². The Kier molecular flexibility index (Phi) is 6.59. The van der Waals surface area contributed by atoms with Gasteiger partial charge in [0.2, 0.25) is 10.0 Å². The molecule has 0 amide bonds. The molecule has 3 heterocycles. The second-order valence-corrected chi connectivity index (χ2v) is 11.7. The summed E-state index contributed by atoms with van der Waals surface area (Å²) in [7, 11) is -3.49. The molecule has 0 spiro atoms. The van der Waals surface area contributed by atoms with Gasteiger partial charge in [-0.25, -0.2) is 18.1 Å². The number of aryl methyl sites for hydroxylation is 1. The lowest BCUT2D eigenvalue weighted by molar-refractivity contribution is 0.176. The summed E-state index contributed by atoms with van der Waals surface area (Å²) in [6.45, 7) is 3.88. The fourth-order valence-electron chi connectivity index (χ4n) is 4.52. The Morgan fingerprint density at radius 1 is 1.15 bits per heavy atom. The van der Waals surface area contributed by atoms with Crippen LogP contribution in [-0.4, -0.2) is 30.7 Å². The topological polar surface area (TPSA) is 102 Å². The largest absolute Gasteiger partial charge is 0.485 e. The van der Waals surface area contributed by atoms with Crippen LogP contribution < -0.4 is 25.0 Å². The van der Waals surface area contributed by atoms with Crippen molar-refractivity contribution in [1.82, 2.24) is 20.6 Å². The first-order valence-corrected chi connectivity index (χ1v) is 13.7. The Balaban J connectivity index is 1.20. The van der Waals surface area contributed by atoms with Gasteiger partial charge in [-0.2, -0.15) is 0 Å². The van der Waals surface area contributed by atoms with Crippen LogP contribution >= 0.6 is 11.3 Å². The Morgan fingerprint density at radius 3 is 2.68 bits per heavy atom. The highest BCUT2D eigenvalue weighted by molar-refractivity contribution is 7.90. The summed E-state index contributed by atoms with van der Waals surface area (Å²) >= 11 is 1.32. The molecule has 3 unspecified atom stereocenters. The summed E-state index contributed by atoms with van der Waals surface area (Å²) in [6.07, 6.45) is 3.52. The molecule has 3 N–H and O–H groups in total. The summed E-state index contributed by atoms with van der Waals surface area (Å²) < 4.78 is 40.3. The molecular weight excluding hydrogens is 472 g/mol. The number of fused-ring (bicyclic) bond motifs is 1. The fourth-order valence-corrected chi connectivity index (χ4v) is 7.08. The van der Waals surface area contributed by atoms with Crippen LogP contribution in [0.1, 0.15) is 42.4 Å². The second-order valence-electron chi connectivity index (χ2n) is 8.72. The first kappa shape index (κ1) is 23.3. The van der Waals surface area contributed by atoms with E-state index in [1.54, 1.807) is 6.20 Å². The van der Waals surface area contributed by atoms with E-state index in [1.807, 2.05) is 50.2 Å². The van der Waals surface area contributed by atoms with E-state index in [0.29, 0.717) is 10.9 Å². The number of nitrogens with one attached hydrogen (secondary N) is 3. The first-order valence-electron chi connectivity index (χ1n) is 11.4. The van der Waals surface area contributed by atoms with E-state index in [-0.39, 0.29) is 24.7 Å². The van der Waals surface area contributed by atoms with Gasteiger partial charge in [0, 0.05) is 29.7 Å². The number of thiazole rings is 1. The third-order valence-corrected chi connectivity index (χ3v) is 9.17. The van der Waals surface area contributed by atoms with E-state index in [2.05, 4.69) is 32.7 Å². The number of hydrogen-bond acceptors (Lipinski definition) is 8. The molecule has 1 aromatic heterocycles. The smallest absolute Gasteiger partial charge is 0.278 e. The van der Waals surface area contributed by atoms with E-state index in [9.17, 15) is 8.42 Å². The highest BCUT2D eigenvalue weighted by Gasteiger charge is 2.40. The van der Waals surface area contributed by atoms with Crippen molar-refractivity contribution in [3.05, 3.63) is 70.7 Å². The molecule has 2 aliphatic heterocycles. The van der Waals surface area contributed by atoms with Gasteiger partial charge in [0.05, 0.1) is 0 Å². The average Bonchev–Trinajstić information content (AvgIpc) is 3.43. The molecule has 5 rings (SSSR count). The molecule has 2 aliphatic rings. The van der Waals surface area contributed by atoms with Crippen molar-refractivity contribution in [3.8, 4) is 16.7 Å². The highest BCUT2D eigenvalue weighted by atomic mass is 32.2. The van der Waals surface area contributed by atoms with Crippen LogP contribution in [0, 0.1) is 0 Å². The van der Waals surface area contributed by atoms with Gasteiger partial charge in [-0.15, -0.1) is 0 Å². The molecule has 0 saturated carbocycles. The maximum absolute atomic E-state index is 12.7. The molecule has 10 heteroatoms. The Morgan fingerprint density at radius 2 is 1.91 bits per heavy atom. The van der Waals surface area contributed by atoms with E-state index in [0.717, 1.165) is 29.0 Å². The zero-order valence-corrected chi connectivity index (χ0v) is 20.7. The van der Waals surface area contributed by atoms with Crippen LogP contribution in [0.2, 0.25) is 0 Å². The van der Waals surface area contributed by atoms with Crippen molar-refractivity contribution in [3.63, 3.8) is 0 Å². The minimum Gasteiger partial charge on any atom is -0.485 e. The number of benzene rings is 2. The minimum absolute atomic E-state index is 0.0625. The number of nitrogens with zero attached hydrogens (tertiary/aromatic N) is 1. The van der Waals surface area contributed by atoms with Crippen LogP contribution in [0.5, 0.6) is 16.7 Å². The summed E-state index contributed by atoms with van der Waals surface area (Å²) in [5.41, 5.74) is 8.25. The maximum Gasteiger partial charge on any atom is 0.278 e. The van der Waals surface area contributed by atoms with Crippen molar-refractivity contribution in [1.29, 1.82) is 0 Å². The van der Waals surface area contributed by atoms with Gasteiger partial charge in [0.25, 0.3) is 5.19 Å². The maximum atomic E-state index is 12.7. The Hall–Kier alpha value is -2.50. The molecule has 180 valence electrons. The molecule has 3 atom stereocenters. The number of rotatable bonds is 7. The van der Waals surface area contributed by atoms with Gasteiger partial charge in [-0.3, -0.25) is 10.9 Å². The molecule has 34 heavy (non-hydrogen) atoms. The van der Waals surface area contributed by atoms with Crippen molar-refractivity contribution in [2.24, 2.45) is 0 Å². The molecule has 0 aliphatic carbocycles. The molecule has 0 bridgehead atoms. The van der Waals surface area contributed by atoms with Gasteiger partial charge >= 0.3 is 0 Å². The van der Waals surface area contributed by atoms with Gasteiger partial charge in [-0.05, 0) is 56.0 Å². The second kappa shape index (κ2) is 9.63. The molecular formula is C24H28N4O4S2. The SMILES string of the molecule is CC1NNC(C)C1S(=O)(=O)NCc1cnc(Oc2ccc3c(c2)CCC(c2ccccc2)O3)s1. The lowest BCUT2D eigenvalue weighted by atomic mass is 9.97. The quantitative estimate of drug-likeness (QED) is 0.455. The van der Waals surface area contributed by atoms with Crippen molar-refractivity contribution < 1.29 is 17.9 Å². The summed E-state index contributed by atoms with van der Waals surface area (Å²) in [5, 5.41) is -0.0747. The Bertz CT molecular complexity index is 1240. The van der Waals surface area contributed by atoms with E-state index in [1.165, 1.54) is 16.9 Å². The fraction of sp³-hybridized carbons (Fsp3) is 0.375. The first-order chi connectivity index (χ1) is 16.4. The summed E-state index contributed by atoms with van der Waals surface area (Å²) in [4.78, 5) is 5.09. The minimum atomic E-state index is -3.49. The van der Waals surface area contributed by atoms with Crippen molar-refractivity contribution in [2.75, 3.05) is 0 Å². The van der Waals surface area contributed by atoms with E-state index in [4.69, 9.17) is 9.47 Å². The van der Waals surface area contributed by atoms with Crippen LogP contribution in [0.4, 0.5) is 0 Å². The molecule has 1 fully saturated rings. The molecule has 3 aromatic rings. The van der Waals surface area contributed by atoms with Gasteiger partial charge in [0.1, 0.15) is 22.9 Å². The number of ether oxygens (including phenoxy) is 2. The van der Waals surface area contributed by atoms with Gasteiger partial charge in [-0.1, -0.05) is 41.7 Å². The molecule has 2 aromatic carbocycles. The number of hydrazine groups is 1. The summed E-state index contributed by atoms with van der Waals surface area (Å²) in [5.74, 6) is 1.56. The molecule has 8 nitrogen and oxygen atoms in total. The third kappa shape index (κ3) is 4.96. The average molecular weight is 501 g/mol. The van der Waals surface area contributed by atoms with Gasteiger partial charge in [0.15, 0.2) is 0 Å². The predicted octanol–water partition coefficient (Wildman–Crippen LogP) is 3.67. The van der Waals surface area contributed by atoms with Crippen molar-refractivity contribution in [2.45, 2.75) is 56.7 Å². The highest BCUT2D eigenvalue weighted by Crippen LogP contribution is 2.38. The van der Waals surface area contributed by atoms with Crippen LogP contribution in [0.15, 0.2) is 54.7 Å². The monoisotopic (exact) mass is 500 g/mol. The zero-order valence-electron chi connectivity index (χ0n) is 19.0. The third-order valence-electron chi connectivity index (χ3n) is 6.22. The summed E-state index contributed by atoms with van der Waals surface area (Å²) in [6, 6.07) is 15.7. The zero-order chi connectivity index (χ0) is 23.7. The predicted molar refractivity (Wildman–Crippen MR) is 132 cm³/mol. The van der Waals surface area contributed by atoms with Crippen molar-refractivity contribution >= 4 is 21.4 Å². The lowest BCUT2D eigenvalue weighted by Gasteiger charge is -2.26.